The van der Waals surface area contributed by atoms with Crippen LogP contribution in [0.15, 0.2) is 54.1 Å². The molecule has 7 nitrogen and oxygen atoms in total. The topological polar surface area (TPSA) is 82.6 Å². The van der Waals surface area contributed by atoms with E-state index in [9.17, 15) is 13.2 Å². The monoisotopic (exact) mass is 434 g/mol. The highest BCUT2D eigenvalue weighted by molar-refractivity contribution is 7.92. The molecule has 1 N–H and O–H groups in total. The zero-order valence-corrected chi connectivity index (χ0v) is 17.4. The maximum Gasteiger partial charge on any atom is 0.233 e. The zero-order chi connectivity index (χ0) is 20.7. The molecular formula is C20H23ClN4O3S. The van der Waals surface area contributed by atoms with Gasteiger partial charge in [0.2, 0.25) is 15.9 Å². The van der Waals surface area contributed by atoms with Crippen molar-refractivity contribution in [1.82, 2.24) is 14.6 Å². The second kappa shape index (κ2) is 9.87. The molecule has 0 bridgehead atoms. The summed E-state index contributed by atoms with van der Waals surface area (Å²) in [5.74, 6) is 0.767. The van der Waals surface area contributed by atoms with E-state index in [1.807, 2.05) is 36.4 Å². The van der Waals surface area contributed by atoms with Crippen LogP contribution in [0, 0.1) is 0 Å². The minimum Gasteiger partial charge on any atom is -0.353 e. The normalized spacial score (nSPS) is 15.1. The van der Waals surface area contributed by atoms with Gasteiger partial charge in [0.25, 0.3) is 0 Å². The third-order valence-corrected chi connectivity index (χ3v) is 5.87. The van der Waals surface area contributed by atoms with Crippen LogP contribution >= 0.6 is 11.6 Å². The van der Waals surface area contributed by atoms with Crippen molar-refractivity contribution >= 4 is 39.4 Å². The predicted molar refractivity (Wildman–Crippen MR) is 115 cm³/mol. The molecule has 1 saturated heterocycles. The Hall–Kier alpha value is -2.42. The summed E-state index contributed by atoms with van der Waals surface area (Å²) in [5, 5.41) is 1.70. The second-order valence-electron chi connectivity index (χ2n) is 6.61. The molecule has 0 aliphatic carbocycles. The lowest BCUT2D eigenvalue weighted by Crippen LogP contribution is -2.49. The number of sulfonamides is 1. The first-order valence-corrected chi connectivity index (χ1v) is 11.2. The highest BCUT2D eigenvalue weighted by Crippen LogP contribution is 2.16. The minimum absolute atomic E-state index is 0.0662. The van der Waals surface area contributed by atoms with Gasteiger partial charge in [0.1, 0.15) is 5.82 Å². The molecule has 0 spiro atoms. The Kier molecular flexibility index (Phi) is 7.24. The van der Waals surface area contributed by atoms with Crippen molar-refractivity contribution in [3.8, 4) is 0 Å². The molecular weight excluding hydrogens is 412 g/mol. The van der Waals surface area contributed by atoms with Gasteiger partial charge >= 0.3 is 0 Å². The zero-order valence-electron chi connectivity index (χ0n) is 15.9. The van der Waals surface area contributed by atoms with Crippen molar-refractivity contribution in [3.05, 3.63) is 64.7 Å². The third-order valence-electron chi connectivity index (χ3n) is 4.55. The first-order chi connectivity index (χ1) is 13.9. The number of benzene rings is 1. The number of carbonyl (C=O) groups is 1. The molecule has 1 aromatic heterocycles. The van der Waals surface area contributed by atoms with E-state index in [0.29, 0.717) is 31.2 Å². The summed E-state index contributed by atoms with van der Waals surface area (Å²) in [6, 6.07) is 12.8. The van der Waals surface area contributed by atoms with E-state index >= 15 is 0 Å². The fourth-order valence-corrected chi connectivity index (χ4v) is 3.91. The van der Waals surface area contributed by atoms with Gasteiger partial charge in [0, 0.05) is 50.7 Å². The number of amides is 1. The number of nitrogens with zero attached hydrogens (tertiary/aromatic N) is 3. The molecule has 3 rings (SSSR count). The Bertz CT molecular complexity index is 941. The summed E-state index contributed by atoms with van der Waals surface area (Å²) >= 11 is 5.86. The minimum atomic E-state index is -3.58. The summed E-state index contributed by atoms with van der Waals surface area (Å²) in [5.41, 5.74) is 0.794. The summed E-state index contributed by atoms with van der Waals surface area (Å²) < 4.78 is 26.5. The van der Waals surface area contributed by atoms with E-state index in [4.69, 9.17) is 11.6 Å². The number of hydrogen-bond donors (Lipinski definition) is 1. The number of halogens is 1. The van der Waals surface area contributed by atoms with E-state index in [1.54, 1.807) is 17.2 Å². The van der Waals surface area contributed by atoms with Crippen molar-refractivity contribution in [2.24, 2.45) is 0 Å². The van der Waals surface area contributed by atoms with Crippen molar-refractivity contribution in [3.63, 3.8) is 0 Å². The quantitative estimate of drug-likeness (QED) is 0.723. The summed E-state index contributed by atoms with van der Waals surface area (Å²) in [6.45, 7) is 2.56. The maximum atomic E-state index is 12.4. The van der Waals surface area contributed by atoms with Gasteiger partial charge in [-0.3, -0.25) is 4.79 Å². The van der Waals surface area contributed by atoms with Crippen LogP contribution in [-0.2, 0) is 14.8 Å². The Morgan fingerprint density at radius 2 is 1.83 bits per heavy atom. The number of nitrogens with one attached hydrogen (secondary N) is 1. The van der Waals surface area contributed by atoms with Gasteiger partial charge in [0.05, 0.1) is 5.02 Å². The summed E-state index contributed by atoms with van der Waals surface area (Å²) in [6.07, 6.45) is 3.25. The van der Waals surface area contributed by atoms with Crippen molar-refractivity contribution in [1.29, 1.82) is 0 Å². The van der Waals surface area contributed by atoms with Crippen LogP contribution in [0.25, 0.3) is 6.08 Å². The SMILES string of the molecule is O=C(CCNS(=O)(=O)/C=C/c1ccccc1)N1CCN(c2ccc(Cl)cn2)CC1. The standard InChI is InChI=1S/C20H23ClN4O3S/c21-18-6-7-19(22-16-18)24-11-13-25(14-12-24)20(26)8-10-23-29(27,28)15-9-17-4-2-1-3-5-17/h1-7,9,15-16,23H,8,10-14H2/b15-9+. The van der Waals surface area contributed by atoms with Gasteiger partial charge in [-0.25, -0.2) is 18.1 Å². The number of pyridine rings is 1. The smallest absolute Gasteiger partial charge is 0.233 e. The first-order valence-electron chi connectivity index (χ1n) is 9.30. The summed E-state index contributed by atoms with van der Waals surface area (Å²) in [7, 11) is -3.58. The van der Waals surface area contributed by atoms with E-state index < -0.39 is 10.0 Å². The van der Waals surface area contributed by atoms with Gasteiger partial charge in [-0.1, -0.05) is 41.9 Å². The molecule has 1 fully saturated rings. The molecule has 154 valence electrons. The van der Waals surface area contributed by atoms with Gasteiger partial charge in [-0.2, -0.15) is 0 Å². The van der Waals surface area contributed by atoms with E-state index in [-0.39, 0.29) is 18.9 Å². The molecule has 0 unspecified atom stereocenters. The molecule has 2 heterocycles. The number of piperazine rings is 1. The molecule has 1 aromatic carbocycles. The van der Waals surface area contributed by atoms with Crippen LogP contribution < -0.4 is 9.62 Å². The van der Waals surface area contributed by atoms with Crippen LogP contribution in [0.2, 0.25) is 5.02 Å². The molecule has 2 aromatic rings. The number of rotatable bonds is 7. The van der Waals surface area contributed by atoms with Crippen LogP contribution in [0.5, 0.6) is 0 Å². The Morgan fingerprint density at radius 1 is 1.10 bits per heavy atom. The Labute approximate surface area is 176 Å². The average molecular weight is 435 g/mol. The van der Waals surface area contributed by atoms with Crippen molar-refractivity contribution < 1.29 is 13.2 Å². The fraction of sp³-hybridized carbons (Fsp3) is 0.300. The average Bonchev–Trinajstić information content (AvgIpc) is 2.74. The molecule has 1 aliphatic rings. The predicted octanol–water partition coefficient (Wildman–Crippen LogP) is 2.36. The molecule has 0 atom stereocenters. The van der Waals surface area contributed by atoms with E-state index in [2.05, 4.69) is 14.6 Å². The Balaban J connectivity index is 1.42. The van der Waals surface area contributed by atoms with Crippen LogP contribution in [0.1, 0.15) is 12.0 Å². The number of aromatic nitrogens is 1. The van der Waals surface area contributed by atoms with Gasteiger partial charge in [-0.05, 0) is 23.8 Å². The van der Waals surface area contributed by atoms with Crippen molar-refractivity contribution in [2.75, 3.05) is 37.6 Å². The lowest BCUT2D eigenvalue weighted by atomic mass is 10.2. The van der Waals surface area contributed by atoms with E-state index in [1.165, 1.54) is 6.08 Å². The molecule has 29 heavy (non-hydrogen) atoms. The maximum absolute atomic E-state index is 12.4. The van der Waals surface area contributed by atoms with Crippen LogP contribution in [-0.4, -0.2) is 56.9 Å². The largest absolute Gasteiger partial charge is 0.353 e. The highest BCUT2D eigenvalue weighted by Gasteiger charge is 2.21. The van der Waals surface area contributed by atoms with Crippen LogP contribution in [0.4, 0.5) is 5.82 Å². The highest BCUT2D eigenvalue weighted by atomic mass is 35.5. The lowest BCUT2D eigenvalue weighted by Gasteiger charge is -2.35. The van der Waals surface area contributed by atoms with Crippen LogP contribution in [0.3, 0.4) is 0 Å². The first kappa shape index (κ1) is 21.3. The third kappa shape index (κ3) is 6.56. The lowest BCUT2D eigenvalue weighted by molar-refractivity contribution is -0.131. The second-order valence-corrected chi connectivity index (χ2v) is 8.69. The molecule has 0 radical (unpaired) electrons. The number of carbonyl (C=O) groups excluding carboxylic acids is 1. The fourth-order valence-electron chi connectivity index (χ4n) is 2.98. The van der Waals surface area contributed by atoms with Gasteiger partial charge in [-0.15, -0.1) is 0 Å². The molecule has 1 amide bonds. The summed E-state index contributed by atoms with van der Waals surface area (Å²) in [4.78, 5) is 20.5. The number of anilines is 1. The van der Waals surface area contributed by atoms with E-state index in [0.717, 1.165) is 16.8 Å². The number of hydrogen-bond acceptors (Lipinski definition) is 5. The van der Waals surface area contributed by atoms with Crippen molar-refractivity contribution in [2.45, 2.75) is 6.42 Å². The van der Waals surface area contributed by atoms with Gasteiger partial charge in [0.15, 0.2) is 0 Å². The van der Waals surface area contributed by atoms with Gasteiger partial charge < -0.3 is 9.80 Å². The Morgan fingerprint density at radius 3 is 2.48 bits per heavy atom. The molecule has 0 saturated carbocycles. The molecule has 9 heteroatoms. The molecule has 1 aliphatic heterocycles.